The topological polar surface area (TPSA) is 38.3 Å². The highest BCUT2D eigenvalue weighted by Gasteiger charge is 2.53. The number of nitrogens with one attached hydrogen (secondary N) is 1. The van der Waals surface area contributed by atoms with E-state index in [-0.39, 0.29) is 17.4 Å². The minimum atomic E-state index is 0.103. The van der Waals surface area contributed by atoms with Crippen LogP contribution in [0.1, 0.15) is 26.2 Å². The molecule has 0 radical (unpaired) electrons. The summed E-state index contributed by atoms with van der Waals surface area (Å²) in [5.74, 6) is 0.901. The van der Waals surface area contributed by atoms with Crippen molar-refractivity contribution in [3.63, 3.8) is 0 Å². The highest BCUT2D eigenvalue weighted by atomic mass is 16.5. The van der Waals surface area contributed by atoms with Gasteiger partial charge in [0.1, 0.15) is 0 Å². The minimum Gasteiger partial charge on any atom is -0.384 e. The molecular formula is C10H17NO2. The van der Waals surface area contributed by atoms with E-state index in [1.165, 1.54) is 12.8 Å². The van der Waals surface area contributed by atoms with Crippen molar-refractivity contribution in [2.24, 2.45) is 11.3 Å². The minimum absolute atomic E-state index is 0.103. The van der Waals surface area contributed by atoms with E-state index in [4.69, 9.17) is 4.74 Å². The largest absolute Gasteiger partial charge is 0.384 e. The molecule has 2 unspecified atom stereocenters. The number of ether oxygens (including phenoxy) is 1. The molecular weight excluding hydrogens is 166 g/mol. The SMILES string of the molecule is COCC1(C2CC2)CC(=O)NC1C. The van der Waals surface area contributed by atoms with Crippen LogP contribution in [0, 0.1) is 11.3 Å². The van der Waals surface area contributed by atoms with Gasteiger partial charge in [-0.05, 0) is 25.7 Å². The van der Waals surface area contributed by atoms with Gasteiger partial charge in [-0.1, -0.05) is 0 Å². The Morgan fingerprint density at radius 3 is 2.69 bits per heavy atom. The zero-order valence-electron chi connectivity index (χ0n) is 8.30. The molecule has 2 fully saturated rings. The van der Waals surface area contributed by atoms with Crippen molar-refractivity contribution in [3.05, 3.63) is 0 Å². The number of methoxy groups -OCH3 is 1. The first-order valence-electron chi connectivity index (χ1n) is 4.97. The van der Waals surface area contributed by atoms with E-state index in [9.17, 15) is 4.79 Å². The van der Waals surface area contributed by atoms with Gasteiger partial charge in [0.2, 0.25) is 5.91 Å². The van der Waals surface area contributed by atoms with Crippen LogP contribution in [0.2, 0.25) is 0 Å². The van der Waals surface area contributed by atoms with Gasteiger partial charge in [0.15, 0.2) is 0 Å². The number of rotatable bonds is 3. The number of hydrogen-bond acceptors (Lipinski definition) is 2. The molecule has 3 nitrogen and oxygen atoms in total. The summed E-state index contributed by atoms with van der Waals surface area (Å²) in [6.07, 6.45) is 3.19. The van der Waals surface area contributed by atoms with Gasteiger partial charge in [-0.3, -0.25) is 4.79 Å². The smallest absolute Gasteiger partial charge is 0.220 e. The lowest BCUT2D eigenvalue weighted by molar-refractivity contribution is -0.120. The quantitative estimate of drug-likeness (QED) is 0.707. The molecule has 3 heteroatoms. The molecule has 2 atom stereocenters. The van der Waals surface area contributed by atoms with Gasteiger partial charge in [-0.25, -0.2) is 0 Å². The average Bonchev–Trinajstić information content (AvgIpc) is 2.82. The summed E-state index contributed by atoms with van der Waals surface area (Å²) in [7, 11) is 1.72. The Labute approximate surface area is 78.8 Å². The third kappa shape index (κ3) is 1.35. The zero-order valence-corrected chi connectivity index (χ0v) is 8.30. The standard InChI is InChI=1S/C10H17NO2/c1-7-10(6-13-2,8-3-4-8)5-9(12)11-7/h7-8H,3-6H2,1-2H3,(H,11,12). The van der Waals surface area contributed by atoms with Crippen molar-refractivity contribution in [3.8, 4) is 0 Å². The Morgan fingerprint density at radius 2 is 2.31 bits per heavy atom. The first-order valence-corrected chi connectivity index (χ1v) is 4.97. The fourth-order valence-electron chi connectivity index (χ4n) is 2.61. The van der Waals surface area contributed by atoms with Crippen LogP contribution in [-0.4, -0.2) is 25.7 Å². The molecule has 0 spiro atoms. The maximum atomic E-state index is 11.3. The van der Waals surface area contributed by atoms with Gasteiger partial charge in [0.05, 0.1) is 6.61 Å². The van der Waals surface area contributed by atoms with Gasteiger partial charge >= 0.3 is 0 Å². The van der Waals surface area contributed by atoms with Crippen LogP contribution in [0.25, 0.3) is 0 Å². The van der Waals surface area contributed by atoms with Crippen molar-refractivity contribution in [2.45, 2.75) is 32.2 Å². The Kier molecular flexibility index (Phi) is 2.06. The van der Waals surface area contributed by atoms with Gasteiger partial charge in [0, 0.05) is 25.0 Å². The van der Waals surface area contributed by atoms with Gasteiger partial charge in [-0.2, -0.15) is 0 Å². The van der Waals surface area contributed by atoms with Crippen molar-refractivity contribution in [1.82, 2.24) is 5.32 Å². The number of amides is 1. The third-order valence-corrected chi connectivity index (χ3v) is 3.53. The summed E-state index contributed by atoms with van der Waals surface area (Å²) < 4.78 is 5.26. The average molecular weight is 183 g/mol. The molecule has 1 aliphatic heterocycles. The van der Waals surface area contributed by atoms with Gasteiger partial charge in [-0.15, -0.1) is 0 Å². The highest BCUT2D eigenvalue weighted by molar-refractivity contribution is 5.80. The lowest BCUT2D eigenvalue weighted by Crippen LogP contribution is -2.39. The van der Waals surface area contributed by atoms with Gasteiger partial charge in [0.25, 0.3) is 0 Å². The van der Waals surface area contributed by atoms with Crippen LogP contribution in [0.4, 0.5) is 0 Å². The molecule has 1 heterocycles. The predicted octanol–water partition coefficient (Wildman–Crippen LogP) is 0.938. The lowest BCUT2D eigenvalue weighted by Gasteiger charge is -2.31. The second kappa shape index (κ2) is 2.98. The van der Waals surface area contributed by atoms with Crippen LogP contribution < -0.4 is 5.32 Å². The van der Waals surface area contributed by atoms with Crippen LogP contribution in [-0.2, 0) is 9.53 Å². The summed E-state index contributed by atoms with van der Waals surface area (Å²) >= 11 is 0. The molecule has 1 saturated carbocycles. The Balaban J connectivity index is 2.16. The van der Waals surface area contributed by atoms with Gasteiger partial charge < -0.3 is 10.1 Å². The first-order chi connectivity index (χ1) is 6.19. The maximum absolute atomic E-state index is 11.3. The van der Waals surface area contributed by atoms with E-state index in [0.29, 0.717) is 12.3 Å². The molecule has 0 aromatic heterocycles. The molecule has 0 bridgehead atoms. The van der Waals surface area contributed by atoms with E-state index in [1.807, 2.05) is 0 Å². The second-order valence-electron chi connectivity index (χ2n) is 4.41. The summed E-state index contributed by atoms with van der Waals surface area (Å²) in [4.78, 5) is 11.3. The summed E-state index contributed by atoms with van der Waals surface area (Å²) in [6, 6.07) is 0.285. The summed E-state index contributed by atoms with van der Waals surface area (Å²) in [5.41, 5.74) is 0.103. The Hall–Kier alpha value is -0.570. The van der Waals surface area contributed by atoms with Crippen molar-refractivity contribution in [1.29, 1.82) is 0 Å². The first kappa shape index (κ1) is 9.00. The van der Waals surface area contributed by atoms with Crippen molar-refractivity contribution in [2.75, 3.05) is 13.7 Å². The maximum Gasteiger partial charge on any atom is 0.220 e. The predicted molar refractivity (Wildman–Crippen MR) is 49.3 cm³/mol. The molecule has 2 aliphatic rings. The van der Waals surface area contributed by atoms with E-state index < -0.39 is 0 Å². The normalized spacial score (nSPS) is 39.2. The third-order valence-electron chi connectivity index (χ3n) is 3.53. The molecule has 0 aromatic carbocycles. The molecule has 74 valence electrons. The summed E-state index contributed by atoms with van der Waals surface area (Å²) in [5, 5.41) is 2.99. The number of carbonyl (C=O) groups excluding carboxylic acids is 1. The summed E-state index contributed by atoms with van der Waals surface area (Å²) in [6.45, 7) is 2.82. The van der Waals surface area contributed by atoms with E-state index in [0.717, 1.165) is 6.61 Å². The van der Waals surface area contributed by atoms with Crippen LogP contribution in [0.5, 0.6) is 0 Å². The van der Waals surface area contributed by atoms with Crippen LogP contribution >= 0.6 is 0 Å². The van der Waals surface area contributed by atoms with Crippen molar-refractivity contribution >= 4 is 5.91 Å². The molecule has 13 heavy (non-hydrogen) atoms. The zero-order chi connectivity index (χ0) is 9.47. The molecule has 2 rings (SSSR count). The molecule has 1 N–H and O–H groups in total. The van der Waals surface area contributed by atoms with E-state index in [2.05, 4.69) is 12.2 Å². The molecule has 0 aromatic rings. The van der Waals surface area contributed by atoms with Crippen LogP contribution in [0.3, 0.4) is 0 Å². The molecule has 1 amide bonds. The fourth-order valence-corrected chi connectivity index (χ4v) is 2.61. The van der Waals surface area contributed by atoms with Crippen molar-refractivity contribution < 1.29 is 9.53 Å². The van der Waals surface area contributed by atoms with E-state index >= 15 is 0 Å². The number of hydrogen-bond donors (Lipinski definition) is 1. The highest BCUT2D eigenvalue weighted by Crippen LogP contribution is 2.52. The number of carbonyl (C=O) groups is 1. The lowest BCUT2D eigenvalue weighted by atomic mass is 9.77. The Morgan fingerprint density at radius 1 is 1.62 bits per heavy atom. The van der Waals surface area contributed by atoms with E-state index in [1.54, 1.807) is 7.11 Å². The fraction of sp³-hybridized carbons (Fsp3) is 0.900. The monoisotopic (exact) mass is 183 g/mol. The molecule has 1 aliphatic carbocycles. The molecule has 1 saturated heterocycles. The Bertz CT molecular complexity index is 225. The second-order valence-corrected chi connectivity index (χ2v) is 4.41. The van der Waals surface area contributed by atoms with Crippen LogP contribution in [0.15, 0.2) is 0 Å².